The molecule has 1 saturated heterocycles. The first-order valence-electron chi connectivity index (χ1n) is 8.77. The van der Waals surface area contributed by atoms with E-state index in [-0.39, 0.29) is 23.4 Å². The third-order valence-electron chi connectivity index (χ3n) is 4.52. The summed E-state index contributed by atoms with van der Waals surface area (Å²) in [5.41, 5.74) is 0.883. The van der Waals surface area contributed by atoms with Crippen LogP contribution in [-0.2, 0) is 11.3 Å². The second-order valence-corrected chi connectivity index (χ2v) is 7.60. The summed E-state index contributed by atoms with van der Waals surface area (Å²) < 4.78 is 20.5. The fraction of sp³-hybridized carbons (Fsp3) is 0.474. The van der Waals surface area contributed by atoms with Crippen LogP contribution in [0.4, 0.5) is 15.0 Å². The van der Waals surface area contributed by atoms with E-state index < -0.39 is 0 Å². The Labute approximate surface area is 152 Å². The van der Waals surface area contributed by atoms with E-state index in [9.17, 15) is 9.18 Å². The first kappa shape index (κ1) is 18.4. The van der Waals surface area contributed by atoms with Crippen LogP contribution < -0.4 is 5.32 Å². The van der Waals surface area contributed by atoms with E-state index in [0.717, 1.165) is 5.56 Å². The van der Waals surface area contributed by atoms with Crippen LogP contribution in [0.25, 0.3) is 0 Å². The number of morpholine rings is 1. The molecular weight excluding hydrogens is 335 g/mol. The molecular formula is C19H25FN4O2. The number of benzene rings is 1. The van der Waals surface area contributed by atoms with Crippen molar-refractivity contribution in [3.8, 4) is 0 Å². The van der Waals surface area contributed by atoms with E-state index in [2.05, 4.69) is 31.2 Å². The van der Waals surface area contributed by atoms with Gasteiger partial charge in [0, 0.05) is 19.2 Å². The van der Waals surface area contributed by atoms with Crippen LogP contribution in [0.1, 0.15) is 26.3 Å². The lowest BCUT2D eigenvalue weighted by Gasteiger charge is -2.39. The summed E-state index contributed by atoms with van der Waals surface area (Å²) in [6, 6.07) is 7.83. The summed E-state index contributed by atoms with van der Waals surface area (Å²) in [5, 5.41) is 7.17. The monoisotopic (exact) mass is 360 g/mol. The number of hydrogen-bond donors (Lipinski definition) is 1. The number of halogens is 1. The van der Waals surface area contributed by atoms with E-state index in [1.807, 2.05) is 0 Å². The van der Waals surface area contributed by atoms with Crippen LogP contribution in [-0.4, -0.2) is 46.5 Å². The number of carbonyl (C=O) groups is 1. The third-order valence-corrected chi connectivity index (χ3v) is 4.52. The zero-order valence-corrected chi connectivity index (χ0v) is 15.4. The number of rotatable bonds is 3. The van der Waals surface area contributed by atoms with Gasteiger partial charge < -0.3 is 9.64 Å². The average molecular weight is 360 g/mol. The van der Waals surface area contributed by atoms with Crippen molar-refractivity contribution in [2.75, 3.05) is 25.0 Å². The summed E-state index contributed by atoms with van der Waals surface area (Å²) in [7, 11) is 0. The SMILES string of the molecule is CC(C)(C)C1CN(C(=O)Nc2ccnn2Cc2ccc(F)cc2)CCO1. The maximum absolute atomic E-state index is 13.0. The van der Waals surface area contributed by atoms with Crippen LogP contribution >= 0.6 is 0 Å². The van der Waals surface area contributed by atoms with E-state index in [1.54, 1.807) is 34.0 Å². The smallest absolute Gasteiger partial charge is 0.323 e. The summed E-state index contributed by atoms with van der Waals surface area (Å²) in [6.45, 7) is 8.43. The van der Waals surface area contributed by atoms with Gasteiger partial charge >= 0.3 is 6.03 Å². The van der Waals surface area contributed by atoms with Crippen molar-refractivity contribution in [1.29, 1.82) is 0 Å². The molecule has 0 spiro atoms. The van der Waals surface area contributed by atoms with E-state index in [0.29, 0.717) is 32.1 Å². The Kier molecular flexibility index (Phi) is 5.27. The van der Waals surface area contributed by atoms with Crippen molar-refractivity contribution in [2.45, 2.75) is 33.4 Å². The Balaban J connectivity index is 1.65. The molecule has 1 atom stereocenters. The topological polar surface area (TPSA) is 59.4 Å². The molecule has 0 radical (unpaired) electrons. The highest BCUT2D eigenvalue weighted by Gasteiger charge is 2.32. The molecule has 7 heteroatoms. The standard InChI is InChI=1S/C19H25FN4O2/c1-19(2,3)16-13-23(10-11-26-16)18(25)22-17-8-9-21-24(17)12-14-4-6-15(20)7-5-14/h4-9,16H,10-13H2,1-3H3,(H,22,25). The minimum atomic E-state index is -0.275. The van der Waals surface area contributed by atoms with Gasteiger partial charge in [-0.25, -0.2) is 13.9 Å². The molecule has 26 heavy (non-hydrogen) atoms. The summed E-state index contributed by atoms with van der Waals surface area (Å²) >= 11 is 0. The van der Waals surface area contributed by atoms with Gasteiger partial charge in [-0.2, -0.15) is 5.10 Å². The highest BCUT2D eigenvalue weighted by atomic mass is 19.1. The molecule has 0 aliphatic carbocycles. The molecule has 1 aliphatic heterocycles. The lowest BCUT2D eigenvalue weighted by Crippen LogP contribution is -2.51. The van der Waals surface area contributed by atoms with E-state index in [4.69, 9.17) is 4.74 Å². The molecule has 140 valence electrons. The summed E-state index contributed by atoms with van der Waals surface area (Å²) in [6.07, 6.45) is 1.64. The second kappa shape index (κ2) is 7.45. The number of carbonyl (C=O) groups excluding carboxylic acids is 1. The fourth-order valence-corrected chi connectivity index (χ4v) is 2.87. The molecule has 1 unspecified atom stereocenters. The average Bonchev–Trinajstić information content (AvgIpc) is 3.03. The van der Waals surface area contributed by atoms with Gasteiger partial charge in [0.15, 0.2) is 0 Å². The quantitative estimate of drug-likeness (QED) is 0.913. The first-order valence-corrected chi connectivity index (χ1v) is 8.77. The van der Waals surface area contributed by atoms with E-state index in [1.165, 1.54) is 12.1 Å². The first-order chi connectivity index (χ1) is 12.3. The Hall–Kier alpha value is -2.41. The van der Waals surface area contributed by atoms with Crippen molar-refractivity contribution >= 4 is 11.8 Å². The minimum absolute atomic E-state index is 0.00567. The zero-order valence-electron chi connectivity index (χ0n) is 15.4. The molecule has 0 bridgehead atoms. The zero-order chi connectivity index (χ0) is 18.7. The van der Waals surface area contributed by atoms with Gasteiger partial charge in [-0.15, -0.1) is 0 Å². The number of nitrogens with one attached hydrogen (secondary N) is 1. The van der Waals surface area contributed by atoms with Crippen molar-refractivity contribution in [3.63, 3.8) is 0 Å². The van der Waals surface area contributed by atoms with Crippen LogP contribution in [0.15, 0.2) is 36.5 Å². The number of amides is 2. The van der Waals surface area contributed by atoms with Gasteiger partial charge in [0.1, 0.15) is 11.6 Å². The Bertz CT molecular complexity index is 752. The van der Waals surface area contributed by atoms with Crippen LogP contribution in [0.3, 0.4) is 0 Å². The molecule has 2 heterocycles. The molecule has 1 N–H and O–H groups in total. The second-order valence-electron chi connectivity index (χ2n) is 7.60. The van der Waals surface area contributed by atoms with Crippen molar-refractivity contribution < 1.29 is 13.9 Å². The molecule has 1 aromatic carbocycles. The van der Waals surface area contributed by atoms with Gasteiger partial charge in [-0.1, -0.05) is 32.9 Å². The highest BCUT2D eigenvalue weighted by molar-refractivity contribution is 5.88. The molecule has 2 amide bonds. The molecule has 1 aliphatic rings. The fourth-order valence-electron chi connectivity index (χ4n) is 2.87. The van der Waals surface area contributed by atoms with Gasteiger partial charge in [0.25, 0.3) is 0 Å². The maximum atomic E-state index is 13.0. The summed E-state index contributed by atoms with van der Waals surface area (Å²) in [4.78, 5) is 14.4. The van der Waals surface area contributed by atoms with Gasteiger partial charge in [0.2, 0.25) is 0 Å². The number of urea groups is 1. The highest BCUT2D eigenvalue weighted by Crippen LogP contribution is 2.25. The molecule has 1 fully saturated rings. The molecule has 3 rings (SSSR count). The van der Waals surface area contributed by atoms with Crippen LogP contribution in [0, 0.1) is 11.2 Å². The number of anilines is 1. The predicted molar refractivity (Wildman–Crippen MR) is 97.5 cm³/mol. The Morgan fingerprint density at radius 1 is 1.31 bits per heavy atom. The largest absolute Gasteiger partial charge is 0.374 e. The lowest BCUT2D eigenvalue weighted by atomic mass is 9.88. The molecule has 2 aromatic rings. The molecule has 6 nitrogen and oxygen atoms in total. The number of hydrogen-bond acceptors (Lipinski definition) is 3. The minimum Gasteiger partial charge on any atom is -0.374 e. The van der Waals surface area contributed by atoms with Crippen molar-refractivity contribution in [3.05, 3.63) is 47.9 Å². The van der Waals surface area contributed by atoms with Crippen LogP contribution in [0.5, 0.6) is 0 Å². The van der Waals surface area contributed by atoms with Gasteiger partial charge in [-0.05, 0) is 23.1 Å². The molecule has 0 saturated carbocycles. The summed E-state index contributed by atoms with van der Waals surface area (Å²) in [5.74, 6) is 0.335. The maximum Gasteiger partial charge on any atom is 0.323 e. The number of ether oxygens (including phenoxy) is 1. The van der Waals surface area contributed by atoms with Crippen LogP contribution in [0.2, 0.25) is 0 Å². The van der Waals surface area contributed by atoms with E-state index >= 15 is 0 Å². The Morgan fingerprint density at radius 2 is 2.04 bits per heavy atom. The number of aromatic nitrogens is 2. The van der Waals surface area contributed by atoms with Crippen molar-refractivity contribution in [1.82, 2.24) is 14.7 Å². The predicted octanol–water partition coefficient (Wildman–Crippen LogP) is 3.35. The van der Waals surface area contributed by atoms with Gasteiger partial charge in [0.05, 0.1) is 25.5 Å². The number of nitrogens with zero attached hydrogens (tertiary/aromatic N) is 3. The Morgan fingerprint density at radius 3 is 2.73 bits per heavy atom. The van der Waals surface area contributed by atoms with Crippen molar-refractivity contribution in [2.24, 2.45) is 5.41 Å². The normalized spacial score (nSPS) is 18.0. The van der Waals surface area contributed by atoms with Gasteiger partial charge in [-0.3, -0.25) is 5.32 Å². The lowest BCUT2D eigenvalue weighted by molar-refractivity contribution is -0.0664. The molecule has 1 aromatic heterocycles. The third kappa shape index (κ3) is 4.40.